The third kappa shape index (κ3) is 4.52. The summed E-state index contributed by atoms with van der Waals surface area (Å²) in [7, 11) is 1.66. The highest BCUT2D eigenvalue weighted by atomic mass is 16.5. The van der Waals surface area contributed by atoms with Crippen molar-refractivity contribution < 1.29 is 14.3 Å². The smallest absolute Gasteiger partial charge is 0.244 e. The van der Waals surface area contributed by atoms with Crippen LogP contribution in [0.2, 0.25) is 0 Å². The molecule has 1 aliphatic heterocycles. The molecular formula is C16H24N2O3. The van der Waals surface area contributed by atoms with Crippen molar-refractivity contribution in [3.8, 4) is 0 Å². The van der Waals surface area contributed by atoms with Gasteiger partial charge in [-0.2, -0.15) is 0 Å². The monoisotopic (exact) mass is 292 g/mol. The van der Waals surface area contributed by atoms with Crippen molar-refractivity contribution in [2.24, 2.45) is 5.73 Å². The van der Waals surface area contributed by atoms with Crippen LogP contribution in [0.3, 0.4) is 0 Å². The molecule has 0 aromatic heterocycles. The summed E-state index contributed by atoms with van der Waals surface area (Å²) in [5, 5.41) is 0. The zero-order chi connectivity index (χ0) is 15.1. The first-order chi connectivity index (χ1) is 10.2. The Balaban J connectivity index is 1.80. The lowest BCUT2D eigenvalue weighted by atomic mass is 10.0. The third-order valence-electron chi connectivity index (χ3n) is 3.82. The van der Waals surface area contributed by atoms with Gasteiger partial charge in [-0.15, -0.1) is 0 Å². The van der Waals surface area contributed by atoms with Gasteiger partial charge in [-0.3, -0.25) is 4.79 Å². The van der Waals surface area contributed by atoms with Crippen LogP contribution in [0.1, 0.15) is 24.4 Å². The highest BCUT2D eigenvalue weighted by Crippen LogP contribution is 2.18. The van der Waals surface area contributed by atoms with Crippen LogP contribution in [0.15, 0.2) is 30.3 Å². The van der Waals surface area contributed by atoms with E-state index in [0.29, 0.717) is 26.3 Å². The lowest BCUT2D eigenvalue weighted by molar-refractivity contribution is -0.135. The average Bonchev–Trinajstić information content (AvgIpc) is 2.55. The topological polar surface area (TPSA) is 64.8 Å². The predicted molar refractivity (Wildman–Crippen MR) is 80.8 cm³/mol. The van der Waals surface area contributed by atoms with E-state index in [-0.39, 0.29) is 12.0 Å². The zero-order valence-electron chi connectivity index (χ0n) is 12.5. The number of ether oxygens (including phenoxy) is 2. The van der Waals surface area contributed by atoms with Crippen molar-refractivity contribution in [3.05, 3.63) is 35.9 Å². The number of nitrogens with zero attached hydrogens (tertiary/aromatic N) is 1. The van der Waals surface area contributed by atoms with Crippen LogP contribution in [0.25, 0.3) is 0 Å². The van der Waals surface area contributed by atoms with Gasteiger partial charge in [-0.05, 0) is 18.4 Å². The van der Waals surface area contributed by atoms with E-state index in [0.717, 1.165) is 18.4 Å². The number of methoxy groups -OCH3 is 1. The number of rotatable bonds is 6. The minimum atomic E-state index is -0.572. The molecule has 0 aliphatic carbocycles. The van der Waals surface area contributed by atoms with Crippen molar-refractivity contribution in [2.45, 2.75) is 25.0 Å². The van der Waals surface area contributed by atoms with E-state index in [1.807, 2.05) is 35.2 Å². The summed E-state index contributed by atoms with van der Waals surface area (Å²) >= 11 is 0. The van der Waals surface area contributed by atoms with E-state index < -0.39 is 6.04 Å². The van der Waals surface area contributed by atoms with Crippen molar-refractivity contribution >= 4 is 5.91 Å². The number of likely N-dealkylation sites (tertiary alicyclic amines) is 1. The fourth-order valence-electron chi connectivity index (χ4n) is 2.54. The van der Waals surface area contributed by atoms with Gasteiger partial charge >= 0.3 is 0 Å². The highest BCUT2D eigenvalue weighted by molar-refractivity contribution is 5.83. The predicted octanol–water partition coefficient (Wildman–Crippen LogP) is 1.34. The van der Waals surface area contributed by atoms with Crippen LogP contribution >= 0.6 is 0 Å². The molecule has 116 valence electrons. The summed E-state index contributed by atoms with van der Waals surface area (Å²) in [5.74, 6) is -0.00320. The van der Waals surface area contributed by atoms with E-state index in [1.165, 1.54) is 0 Å². The molecular weight excluding hydrogens is 268 g/mol. The second kappa shape index (κ2) is 8.12. The number of carbonyl (C=O) groups excluding carboxylic acids is 1. The lowest BCUT2D eigenvalue weighted by Crippen LogP contribution is -2.45. The molecule has 1 aliphatic rings. The minimum absolute atomic E-state index is 0.00320. The summed E-state index contributed by atoms with van der Waals surface area (Å²) < 4.78 is 10.7. The Kier molecular flexibility index (Phi) is 6.17. The molecule has 0 bridgehead atoms. The van der Waals surface area contributed by atoms with E-state index >= 15 is 0 Å². The molecule has 0 radical (unpaired) electrons. The Bertz CT molecular complexity index is 430. The number of nitrogens with two attached hydrogens (primary N) is 1. The second-order valence-corrected chi connectivity index (χ2v) is 5.28. The standard InChI is InChI=1S/C16H24N2O3/c1-20-11-12-21-14-7-9-18(10-8-14)16(19)15(17)13-5-3-2-4-6-13/h2-6,14-15H,7-12,17H2,1H3/t15-/m1/s1. The molecule has 0 unspecified atom stereocenters. The fourth-order valence-corrected chi connectivity index (χ4v) is 2.54. The van der Waals surface area contributed by atoms with Crippen molar-refractivity contribution in [1.29, 1.82) is 0 Å². The molecule has 1 saturated heterocycles. The average molecular weight is 292 g/mol. The Morgan fingerprint density at radius 2 is 1.95 bits per heavy atom. The first-order valence-electron chi connectivity index (χ1n) is 7.42. The molecule has 2 rings (SSSR count). The van der Waals surface area contributed by atoms with Crippen molar-refractivity contribution in [1.82, 2.24) is 4.90 Å². The van der Waals surface area contributed by atoms with Gasteiger partial charge in [0.1, 0.15) is 6.04 Å². The summed E-state index contributed by atoms with van der Waals surface area (Å²) in [5.41, 5.74) is 6.93. The van der Waals surface area contributed by atoms with Crippen molar-refractivity contribution in [2.75, 3.05) is 33.4 Å². The van der Waals surface area contributed by atoms with Gasteiger partial charge in [0.25, 0.3) is 0 Å². The van der Waals surface area contributed by atoms with Crippen LogP contribution in [0.5, 0.6) is 0 Å². The maximum Gasteiger partial charge on any atom is 0.244 e. The van der Waals surface area contributed by atoms with Gasteiger partial charge in [-0.25, -0.2) is 0 Å². The number of piperidine rings is 1. The van der Waals surface area contributed by atoms with Gasteiger partial charge in [-0.1, -0.05) is 30.3 Å². The summed E-state index contributed by atoms with van der Waals surface area (Å²) in [6.45, 7) is 2.63. The molecule has 5 nitrogen and oxygen atoms in total. The van der Waals surface area contributed by atoms with E-state index in [1.54, 1.807) is 7.11 Å². The first-order valence-corrected chi connectivity index (χ1v) is 7.42. The van der Waals surface area contributed by atoms with Gasteiger partial charge in [0, 0.05) is 20.2 Å². The summed E-state index contributed by atoms with van der Waals surface area (Å²) in [4.78, 5) is 14.2. The lowest BCUT2D eigenvalue weighted by Gasteiger charge is -2.33. The molecule has 5 heteroatoms. The Morgan fingerprint density at radius 1 is 1.29 bits per heavy atom. The first kappa shape index (κ1) is 15.9. The molecule has 1 fully saturated rings. The van der Waals surface area contributed by atoms with Crippen LogP contribution < -0.4 is 5.73 Å². The largest absolute Gasteiger partial charge is 0.382 e. The number of benzene rings is 1. The Labute approximate surface area is 126 Å². The highest BCUT2D eigenvalue weighted by Gasteiger charge is 2.27. The van der Waals surface area contributed by atoms with Crippen LogP contribution in [0.4, 0.5) is 0 Å². The molecule has 0 spiro atoms. The van der Waals surface area contributed by atoms with Gasteiger partial charge in [0.15, 0.2) is 0 Å². The van der Waals surface area contributed by atoms with Crippen LogP contribution in [0, 0.1) is 0 Å². The quantitative estimate of drug-likeness (QED) is 0.804. The zero-order valence-corrected chi connectivity index (χ0v) is 12.5. The Hall–Kier alpha value is -1.43. The maximum absolute atomic E-state index is 12.4. The van der Waals surface area contributed by atoms with Gasteiger partial charge < -0.3 is 20.1 Å². The third-order valence-corrected chi connectivity index (χ3v) is 3.82. The number of hydrogen-bond acceptors (Lipinski definition) is 4. The molecule has 1 aromatic carbocycles. The molecule has 21 heavy (non-hydrogen) atoms. The van der Waals surface area contributed by atoms with E-state index in [2.05, 4.69) is 0 Å². The molecule has 0 saturated carbocycles. The van der Waals surface area contributed by atoms with Gasteiger partial charge in [0.2, 0.25) is 5.91 Å². The van der Waals surface area contributed by atoms with Crippen LogP contribution in [-0.2, 0) is 14.3 Å². The summed E-state index contributed by atoms with van der Waals surface area (Å²) in [6.07, 6.45) is 1.94. The fraction of sp³-hybridized carbons (Fsp3) is 0.562. The number of amides is 1. The molecule has 1 atom stereocenters. The second-order valence-electron chi connectivity index (χ2n) is 5.28. The molecule has 1 heterocycles. The number of carbonyl (C=O) groups is 1. The van der Waals surface area contributed by atoms with E-state index in [4.69, 9.17) is 15.2 Å². The maximum atomic E-state index is 12.4. The number of hydrogen-bond donors (Lipinski definition) is 1. The van der Waals surface area contributed by atoms with Crippen LogP contribution in [-0.4, -0.2) is 50.3 Å². The molecule has 1 amide bonds. The molecule has 1 aromatic rings. The molecule has 2 N–H and O–H groups in total. The van der Waals surface area contributed by atoms with E-state index in [9.17, 15) is 4.79 Å². The SMILES string of the molecule is COCCOC1CCN(C(=O)[C@H](N)c2ccccc2)CC1. The minimum Gasteiger partial charge on any atom is -0.382 e. The van der Waals surface area contributed by atoms with Gasteiger partial charge in [0.05, 0.1) is 19.3 Å². The van der Waals surface area contributed by atoms with Crippen molar-refractivity contribution in [3.63, 3.8) is 0 Å². The summed E-state index contributed by atoms with van der Waals surface area (Å²) in [6, 6.07) is 8.93. The normalized spacial score (nSPS) is 17.7. The Morgan fingerprint density at radius 3 is 2.57 bits per heavy atom.